The Hall–Kier alpha value is -1.92. The molecule has 0 amide bonds. The number of anilines is 1. The Morgan fingerprint density at radius 1 is 1.04 bits per heavy atom. The maximum absolute atomic E-state index is 12.4. The Bertz CT molecular complexity index is 660. The van der Waals surface area contributed by atoms with Crippen molar-refractivity contribution >= 4 is 18.1 Å². The van der Waals surface area contributed by atoms with Gasteiger partial charge in [-0.05, 0) is 43.4 Å². The van der Waals surface area contributed by atoms with E-state index in [1.165, 1.54) is 18.2 Å². The number of nitrogens with zero attached hydrogens (tertiary/aromatic N) is 1. The number of rotatable bonds is 4. The van der Waals surface area contributed by atoms with E-state index in [0.717, 1.165) is 11.1 Å². The van der Waals surface area contributed by atoms with Gasteiger partial charge in [0.15, 0.2) is 0 Å². The predicted molar refractivity (Wildman–Crippen MR) is 87.6 cm³/mol. The van der Waals surface area contributed by atoms with Crippen LogP contribution in [0, 0.1) is 0 Å². The maximum atomic E-state index is 12.4. The number of alkyl halides is 3. The fourth-order valence-electron chi connectivity index (χ4n) is 2.23. The Morgan fingerprint density at radius 2 is 1.70 bits per heavy atom. The summed E-state index contributed by atoms with van der Waals surface area (Å²) in [6.45, 7) is 0.653. The van der Waals surface area contributed by atoms with Crippen molar-refractivity contribution in [2.45, 2.75) is 12.9 Å². The summed E-state index contributed by atoms with van der Waals surface area (Å²) in [6, 6.07) is 11.4. The van der Waals surface area contributed by atoms with Crippen LogP contribution in [0.2, 0.25) is 0 Å². The molecule has 0 bridgehead atoms. The Labute approximate surface area is 139 Å². The lowest BCUT2D eigenvalue weighted by molar-refractivity contribution is -0.274. The lowest BCUT2D eigenvalue weighted by Gasteiger charge is -2.17. The van der Waals surface area contributed by atoms with Gasteiger partial charge in [-0.25, -0.2) is 0 Å². The summed E-state index contributed by atoms with van der Waals surface area (Å²) >= 11 is 0. The molecule has 2 rings (SSSR count). The minimum absolute atomic E-state index is 0. The number of halogens is 4. The molecule has 2 aromatic carbocycles. The molecule has 0 atom stereocenters. The van der Waals surface area contributed by atoms with Crippen molar-refractivity contribution in [3.05, 3.63) is 48.0 Å². The first-order valence-corrected chi connectivity index (χ1v) is 6.64. The highest BCUT2D eigenvalue weighted by Crippen LogP contribution is 2.34. The van der Waals surface area contributed by atoms with Gasteiger partial charge in [0.1, 0.15) is 5.75 Å². The monoisotopic (exact) mass is 346 g/mol. The van der Waals surface area contributed by atoms with E-state index in [-0.39, 0.29) is 18.2 Å². The van der Waals surface area contributed by atoms with Crippen molar-refractivity contribution in [2.24, 2.45) is 0 Å². The highest BCUT2D eigenvalue weighted by atomic mass is 35.5. The average Bonchev–Trinajstić information content (AvgIpc) is 2.39. The Morgan fingerprint density at radius 3 is 2.30 bits per heavy atom. The molecule has 126 valence electrons. The zero-order chi connectivity index (χ0) is 16.3. The minimum Gasteiger partial charge on any atom is -0.406 e. The number of benzene rings is 2. The third kappa shape index (κ3) is 5.33. The van der Waals surface area contributed by atoms with Crippen LogP contribution in [-0.2, 0) is 6.54 Å². The quantitative estimate of drug-likeness (QED) is 0.838. The summed E-state index contributed by atoms with van der Waals surface area (Å²) in [5.74, 6) is -0.281. The molecule has 0 fully saturated rings. The van der Waals surface area contributed by atoms with Crippen LogP contribution in [0.4, 0.5) is 18.9 Å². The molecule has 0 aromatic heterocycles. The molecule has 2 aromatic rings. The fraction of sp³-hybridized carbons (Fsp3) is 0.250. The second kappa shape index (κ2) is 7.57. The van der Waals surface area contributed by atoms with E-state index >= 15 is 0 Å². The standard InChI is InChI=1S/C16H17F3N2O.ClH/c1-21(2)10-11-5-3-4-6-13(11)14-9-12(7-8-15(14)20)22-16(17,18)19;/h3-9H,10,20H2,1-2H3;1H. The molecule has 0 unspecified atom stereocenters. The van der Waals surface area contributed by atoms with Gasteiger partial charge in [0.05, 0.1) is 0 Å². The van der Waals surface area contributed by atoms with Gasteiger partial charge in [-0.3, -0.25) is 0 Å². The zero-order valence-corrected chi connectivity index (χ0v) is 13.5. The lowest BCUT2D eigenvalue weighted by Crippen LogP contribution is -2.17. The van der Waals surface area contributed by atoms with Crippen LogP contribution in [0.15, 0.2) is 42.5 Å². The fourth-order valence-corrected chi connectivity index (χ4v) is 2.23. The molecule has 0 aliphatic carbocycles. The number of nitrogens with two attached hydrogens (primary N) is 1. The van der Waals surface area contributed by atoms with Gasteiger partial charge in [-0.2, -0.15) is 0 Å². The summed E-state index contributed by atoms with van der Waals surface area (Å²) in [4.78, 5) is 1.98. The van der Waals surface area contributed by atoms with E-state index < -0.39 is 6.36 Å². The molecule has 0 aliphatic heterocycles. The van der Waals surface area contributed by atoms with Crippen LogP contribution >= 0.6 is 12.4 Å². The van der Waals surface area contributed by atoms with E-state index in [1.807, 2.05) is 43.3 Å². The largest absolute Gasteiger partial charge is 0.573 e. The van der Waals surface area contributed by atoms with Gasteiger partial charge in [-0.15, -0.1) is 25.6 Å². The normalized spacial score (nSPS) is 11.2. The first-order valence-electron chi connectivity index (χ1n) is 6.64. The summed E-state index contributed by atoms with van der Waals surface area (Å²) in [5, 5.41) is 0. The highest BCUT2D eigenvalue weighted by Gasteiger charge is 2.31. The van der Waals surface area contributed by atoms with Gasteiger partial charge in [0.25, 0.3) is 0 Å². The molecular formula is C16H18ClF3N2O. The number of ether oxygens (including phenoxy) is 1. The summed E-state index contributed by atoms with van der Waals surface area (Å²) in [7, 11) is 3.84. The molecule has 0 saturated carbocycles. The van der Waals surface area contributed by atoms with Crippen molar-refractivity contribution in [1.82, 2.24) is 4.90 Å². The van der Waals surface area contributed by atoms with Crippen LogP contribution in [0.5, 0.6) is 5.75 Å². The minimum atomic E-state index is -4.73. The highest BCUT2D eigenvalue weighted by molar-refractivity contribution is 5.85. The molecule has 0 saturated heterocycles. The molecule has 0 aliphatic rings. The third-order valence-corrected chi connectivity index (χ3v) is 3.05. The first-order chi connectivity index (χ1) is 10.3. The SMILES string of the molecule is CN(C)Cc1ccccc1-c1cc(OC(F)(F)F)ccc1N.Cl. The summed E-state index contributed by atoms with van der Waals surface area (Å²) in [6.07, 6.45) is -4.73. The van der Waals surface area contributed by atoms with E-state index in [2.05, 4.69) is 4.74 Å². The second-order valence-electron chi connectivity index (χ2n) is 5.19. The second-order valence-corrected chi connectivity index (χ2v) is 5.19. The smallest absolute Gasteiger partial charge is 0.406 e. The van der Waals surface area contributed by atoms with E-state index in [9.17, 15) is 13.2 Å². The van der Waals surface area contributed by atoms with E-state index in [4.69, 9.17) is 5.73 Å². The van der Waals surface area contributed by atoms with Gasteiger partial charge in [-0.1, -0.05) is 24.3 Å². The van der Waals surface area contributed by atoms with Crippen LogP contribution in [0.25, 0.3) is 11.1 Å². The van der Waals surface area contributed by atoms with E-state index in [1.54, 1.807) is 0 Å². The number of hydrogen-bond acceptors (Lipinski definition) is 3. The Kier molecular flexibility index (Phi) is 6.29. The topological polar surface area (TPSA) is 38.5 Å². The lowest BCUT2D eigenvalue weighted by atomic mass is 9.98. The summed E-state index contributed by atoms with van der Waals surface area (Å²) in [5.41, 5.74) is 8.63. The molecule has 0 heterocycles. The van der Waals surface area contributed by atoms with Gasteiger partial charge in [0.2, 0.25) is 0 Å². The molecule has 0 radical (unpaired) electrons. The maximum Gasteiger partial charge on any atom is 0.573 e. The third-order valence-electron chi connectivity index (χ3n) is 3.05. The molecule has 23 heavy (non-hydrogen) atoms. The van der Waals surface area contributed by atoms with Crippen LogP contribution in [-0.4, -0.2) is 25.4 Å². The molecular weight excluding hydrogens is 329 g/mol. The number of hydrogen-bond donors (Lipinski definition) is 1. The Balaban J connectivity index is 0.00000264. The van der Waals surface area contributed by atoms with Crippen LogP contribution in [0.3, 0.4) is 0 Å². The molecule has 2 N–H and O–H groups in total. The van der Waals surface area contributed by atoms with Gasteiger partial charge in [0, 0.05) is 17.8 Å². The van der Waals surface area contributed by atoms with Gasteiger partial charge >= 0.3 is 6.36 Å². The van der Waals surface area contributed by atoms with Crippen LogP contribution in [0.1, 0.15) is 5.56 Å². The predicted octanol–water partition coefficient (Wildman–Crippen LogP) is 4.32. The van der Waals surface area contributed by atoms with Crippen LogP contribution < -0.4 is 10.5 Å². The van der Waals surface area contributed by atoms with Crippen molar-refractivity contribution in [3.63, 3.8) is 0 Å². The van der Waals surface area contributed by atoms with Crippen molar-refractivity contribution in [3.8, 4) is 16.9 Å². The summed E-state index contributed by atoms with van der Waals surface area (Å²) < 4.78 is 41.1. The first kappa shape index (κ1) is 19.1. The number of nitrogen functional groups attached to an aromatic ring is 1. The van der Waals surface area contributed by atoms with Gasteiger partial charge < -0.3 is 15.4 Å². The van der Waals surface area contributed by atoms with Crippen molar-refractivity contribution in [2.75, 3.05) is 19.8 Å². The molecule has 3 nitrogen and oxygen atoms in total. The average molecular weight is 347 g/mol. The van der Waals surface area contributed by atoms with Crippen molar-refractivity contribution in [1.29, 1.82) is 0 Å². The van der Waals surface area contributed by atoms with E-state index in [0.29, 0.717) is 17.8 Å². The molecule has 0 spiro atoms. The zero-order valence-electron chi connectivity index (χ0n) is 12.7. The molecule has 7 heteroatoms. The van der Waals surface area contributed by atoms with Crippen molar-refractivity contribution < 1.29 is 17.9 Å².